The number of carbonyl (C=O) groups is 1. The zero-order chi connectivity index (χ0) is 16.9. The largest absolute Gasteiger partial charge is 0.497 e. The quantitative estimate of drug-likeness (QED) is 0.841. The van der Waals surface area contributed by atoms with Gasteiger partial charge in [-0.05, 0) is 29.7 Å². The van der Waals surface area contributed by atoms with Gasteiger partial charge in [0.2, 0.25) is 0 Å². The van der Waals surface area contributed by atoms with Gasteiger partial charge >= 0.3 is 6.09 Å². The van der Waals surface area contributed by atoms with Crippen molar-refractivity contribution in [1.29, 1.82) is 0 Å². The molecule has 1 fully saturated rings. The lowest BCUT2D eigenvalue weighted by atomic mass is 9.94. The predicted molar refractivity (Wildman–Crippen MR) is 88.7 cm³/mol. The number of hydrogen-bond donors (Lipinski definition) is 0. The Morgan fingerprint density at radius 2 is 1.83 bits per heavy atom. The third-order valence-corrected chi connectivity index (χ3v) is 4.23. The van der Waals surface area contributed by atoms with Crippen LogP contribution in [0.1, 0.15) is 11.1 Å². The maximum Gasteiger partial charge on any atom is 0.410 e. The Balaban J connectivity index is 1.56. The highest BCUT2D eigenvalue weighted by atomic mass is 19.1. The van der Waals surface area contributed by atoms with Crippen LogP contribution < -0.4 is 4.74 Å². The summed E-state index contributed by atoms with van der Waals surface area (Å²) in [6.45, 7) is 0.289. The molecule has 2 aromatic rings. The van der Waals surface area contributed by atoms with Gasteiger partial charge < -0.3 is 9.47 Å². The van der Waals surface area contributed by atoms with Crippen molar-refractivity contribution in [3.8, 4) is 5.75 Å². The summed E-state index contributed by atoms with van der Waals surface area (Å²) in [7, 11) is 1.60. The van der Waals surface area contributed by atoms with Crippen LogP contribution in [0.25, 0.3) is 0 Å². The van der Waals surface area contributed by atoms with E-state index in [-0.39, 0.29) is 13.2 Å². The van der Waals surface area contributed by atoms with Gasteiger partial charge in [0.25, 0.3) is 0 Å². The van der Waals surface area contributed by atoms with E-state index in [4.69, 9.17) is 9.47 Å². The molecule has 1 saturated heterocycles. The zero-order valence-corrected chi connectivity index (χ0v) is 13.5. The molecule has 0 N–H and O–H groups in total. The number of carbonyl (C=O) groups excluding carboxylic acids is 1. The molecule has 3 rings (SSSR count). The third kappa shape index (κ3) is 3.67. The first-order valence-electron chi connectivity index (χ1n) is 7.91. The number of benzene rings is 2. The Labute approximate surface area is 140 Å². The molecular formula is C19H20FNO3. The van der Waals surface area contributed by atoms with Crippen molar-refractivity contribution in [3.63, 3.8) is 0 Å². The Morgan fingerprint density at radius 3 is 2.46 bits per heavy atom. The summed E-state index contributed by atoms with van der Waals surface area (Å²) >= 11 is 0. The zero-order valence-electron chi connectivity index (χ0n) is 13.5. The molecule has 0 saturated carbocycles. The molecular weight excluding hydrogens is 309 g/mol. The number of rotatable bonds is 5. The van der Waals surface area contributed by atoms with E-state index >= 15 is 0 Å². The Hall–Kier alpha value is -2.56. The van der Waals surface area contributed by atoms with Gasteiger partial charge in [0, 0.05) is 0 Å². The van der Waals surface area contributed by atoms with Crippen LogP contribution in [0.15, 0.2) is 54.6 Å². The van der Waals surface area contributed by atoms with E-state index in [2.05, 4.69) is 0 Å². The maximum absolute atomic E-state index is 13.9. The van der Waals surface area contributed by atoms with Crippen LogP contribution in [0, 0.1) is 0 Å². The van der Waals surface area contributed by atoms with Gasteiger partial charge in [0.1, 0.15) is 18.5 Å². The fourth-order valence-corrected chi connectivity index (χ4v) is 2.76. The Bertz CT molecular complexity index is 675. The average molecular weight is 329 g/mol. The van der Waals surface area contributed by atoms with Crippen LogP contribution in [0.2, 0.25) is 0 Å². The van der Waals surface area contributed by atoms with Crippen molar-refractivity contribution < 1.29 is 18.7 Å². The highest BCUT2D eigenvalue weighted by Gasteiger charge is 2.43. The SMILES string of the molecule is COc1ccc(C[C@H]2[C@H](F)CN2C(=O)OCc2ccccc2)cc1. The molecule has 1 heterocycles. The monoisotopic (exact) mass is 329 g/mol. The van der Waals surface area contributed by atoms with Gasteiger partial charge in [-0.1, -0.05) is 42.5 Å². The summed E-state index contributed by atoms with van der Waals surface area (Å²) in [5.41, 5.74) is 1.87. The van der Waals surface area contributed by atoms with Crippen LogP contribution in [-0.2, 0) is 17.8 Å². The second-order valence-corrected chi connectivity index (χ2v) is 5.83. The lowest BCUT2D eigenvalue weighted by Crippen LogP contribution is -2.61. The number of hydrogen-bond acceptors (Lipinski definition) is 3. The summed E-state index contributed by atoms with van der Waals surface area (Å²) in [6.07, 6.45) is -1.02. The van der Waals surface area contributed by atoms with Crippen molar-refractivity contribution in [2.24, 2.45) is 0 Å². The van der Waals surface area contributed by atoms with Gasteiger partial charge in [-0.25, -0.2) is 9.18 Å². The Morgan fingerprint density at radius 1 is 1.12 bits per heavy atom. The van der Waals surface area contributed by atoms with E-state index in [0.717, 1.165) is 16.9 Å². The molecule has 1 aliphatic rings. The number of likely N-dealkylation sites (tertiary alicyclic amines) is 1. The summed E-state index contributed by atoms with van der Waals surface area (Å²) in [5, 5.41) is 0. The topological polar surface area (TPSA) is 38.8 Å². The molecule has 126 valence electrons. The number of alkyl halides is 1. The molecule has 2 atom stereocenters. The first-order chi connectivity index (χ1) is 11.7. The number of ether oxygens (including phenoxy) is 2. The van der Waals surface area contributed by atoms with E-state index in [1.807, 2.05) is 54.6 Å². The van der Waals surface area contributed by atoms with E-state index in [0.29, 0.717) is 6.42 Å². The number of methoxy groups -OCH3 is 1. The van der Waals surface area contributed by atoms with Crippen LogP contribution in [-0.4, -0.2) is 36.9 Å². The van der Waals surface area contributed by atoms with Crippen LogP contribution in [0.5, 0.6) is 5.75 Å². The summed E-state index contributed by atoms with van der Waals surface area (Å²) < 4.78 is 24.3. The molecule has 0 radical (unpaired) electrons. The minimum Gasteiger partial charge on any atom is -0.497 e. The predicted octanol–water partition coefficient (Wildman–Crippen LogP) is 3.60. The Kier molecular flexibility index (Phi) is 4.99. The maximum atomic E-state index is 13.9. The molecule has 0 aliphatic carbocycles. The summed E-state index contributed by atoms with van der Waals surface area (Å²) in [6, 6.07) is 16.4. The van der Waals surface area contributed by atoms with Gasteiger partial charge in [0.05, 0.1) is 19.7 Å². The molecule has 0 bridgehead atoms. The fraction of sp³-hybridized carbons (Fsp3) is 0.316. The van der Waals surface area contributed by atoms with Crippen LogP contribution >= 0.6 is 0 Å². The smallest absolute Gasteiger partial charge is 0.410 e. The fourth-order valence-electron chi connectivity index (χ4n) is 2.76. The first kappa shape index (κ1) is 16.3. The average Bonchev–Trinajstić information content (AvgIpc) is 2.63. The third-order valence-electron chi connectivity index (χ3n) is 4.23. The first-order valence-corrected chi connectivity index (χ1v) is 7.91. The molecule has 0 unspecified atom stereocenters. The van der Waals surface area contributed by atoms with Gasteiger partial charge in [0.15, 0.2) is 0 Å². The van der Waals surface area contributed by atoms with Crippen LogP contribution in [0.4, 0.5) is 9.18 Å². The molecule has 0 spiro atoms. The van der Waals surface area contributed by atoms with E-state index in [1.165, 1.54) is 4.90 Å². The lowest BCUT2D eigenvalue weighted by Gasteiger charge is -2.43. The highest BCUT2D eigenvalue weighted by Crippen LogP contribution is 2.26. The molecule has 2 aromatic carbocycles. The highest BCUT2D eigenvalue weighted by molar-refractivity contribution is 5.69. The number of halogens is 1. The minimum atomic E-state index is -1.02. The van der Waals surface area contributed by atoms with Gasteiger partial charge in [-0.2, -0.15) is 0 Å². The second-order valence-electron chi connectivity index (χ2n) is 5.83. The number of amides is 1. The second kappa shape index (κ2) is 7.34. The van der Waals surface area contributed by atoms with Crippen molar-refractivity contribution in [2.75, 3.05) is 13.7 Å². The lowest BCUT2D eigenvalue weighted by molar-refractivity contribution is -0.0132. The van der Waals surface area contributed by atoms with E-state index < -0.39 is 18.3 Å². The van der Waals surface area contributed by atoms with Crippen LogP contribution in [0.3, 0.4) is 0 Å². The van der Waals surface area contributed by atoms with Crippen molar-refractivity contribution in [2.45, 2.75) is 25.2 Å². The summed E-state index contributed by atoms with van der Waals surface area (Å²) in [4.78, 5) is 13.6. The molecule has 24 heavy (non-hydrogen) atoms. The molecule has 4 nitrogen and oxygen atoms in total. The van der Waals surface area contributed by atoms with E-state index in [9.17, 15) is 9.18 Å². The molecule has 1 aliphatic heterocycles. The normalized spacial score (nSPS) is 19.5. The van der Waals surface area contributed by atoms with E-state index in [1.54, 1.807) is 7.11 Å². The number of nitrogens with zero attached hydrogens (tertiary/aromatic N) is 1. The molecule has 1 amide bonds. The minimum absolute atomic E-state index is 0.0917. The standard InChI is InChI=1S/C19H20FNO3/c1-23-16-9-7-14(8-10-16)11-18-17(20)12-21(18)19(22)24-13-15-5-3-2-4-6-15/h2-10,17-18H,11-13H2,1H3/t17-,18+/m1/s1. The van der Waals surface area contributed by atoms with Crippen molar-refractivity contribution in [3.05, 3.63) is 65.7 Å². The van der Waals surface area contributed by atoms with Crippen molar-refractivity contribution >= 4 is 6.09 Å². The summed E-state index contributed by atoms with van der Waals surface area (Å²) in [5.74, 6) is 0.753. The van der Waals surface area contributed by atoms with Crippen molar-refractivity contribution in [1.82, 2.24) is 4.90 Å². The van der Waals surface area contributed by atoms with Gasteiger partial charge in [-0.3, -0.25) is 4.90 Å². The molecule has 5 heteroatoms. The van der Waals surface area contributed by atoms with Gasteiger partial charge in [-0.15, -0.1) is 0 Å². The molecule has 0 aromatic heterocycles.